The van der Waals surface area contributed by atoms with E-state index in [0.717, 1.165) is 0 Å². The Bertz CT molecular complexity index is 163. The second kappa shape index (κ2) is 11.6. The van der Waals surface area contributed by atoms with Gasteiger partial charge in [-0.15, -0.1) is 0 Å². The normalized spacial score (nSPS) is 15.3. The van der Waals surface area contributed by atoms with Gasteiger partial charge in [0.1, 0.15) is 0 Å². The molecule has 110 valence electrons. The predicted octanol–water partition coefficient (Wildman–Crippen LogP) is 4.50. The minimum absolute atomic E-state index is 0.129. The lowest BCUT2D eigenvalue weighted by Crippen LogP contribution is -2.18. The Morgan fingerprint density at radius 1 is 0.611 bits per heavy atom. The van der Waals surface area contributed by atoms with E-state index in [1.807, 2.05) is 0 Å². The second-order valence-corrected chi connectivity index (χ2v) is 9.40. The van der Waals surface area contributed by atoms with Crippen LogP contribution < -0.4 is 0 Å². The molecule has 0 aliphatic heterocycles. The van der Waals surface area contributed by atoms with E-state index in [1.165, 1.54) is 51.3 Å². The second-order valence-electron chi connectivity index (χ2n) is 4.75. The molecular formula is C14H34N2P2. The predicted molar refractivity (Wildman–Crippen MR) is 90.5 cm³/mol. The van der Waals surface area contributed by atoms with Gasteiger partial charge in [0.15, 0.2) is 0 Å². The summed E-state index contributed by atoms with van der Waals surface area (Å²) in [7, 11) is 0.259. The van der Waals surface area contributed by atoms with Crippen molar-refractivity contribution in [2.24, 2.45) is 0 Å². The summed E-state index contributed by atoms with van der Waals surface area (Å²) in [5, 5.41) is 0. The van der Waals surface area contributed by atoms with Gasteiger partial charge < -0.3 is 0 Å². The third-order valence-corrected chi connectivity index (χ3v) is 8.63. The number of rotatable bonds is 11. The zero-order valence-corrected chi connectivity index (χ0v) is 15.2. The first-order valence-electron chi connectivity index (χ1n) is 7.52. The van der Waals surface area contributed by atoms with Gasteiger partial charge >= 0.3 is 0 Å². The topological polar surface area (TPSA) is 6.48 Å². The smallest absolute Gasteiger partial charge is 0.000775 e. The first-order valence-corrected chi connectivity index (χ1v) is 11.4. The third kappa shape index (κ3) is 7.39. The highest BCUT2D eigenvalue weighted by Crippen LogP contribution is 2.39. The third-order valence-electron chi connectivity index (χ3n) is 3.64. The summed E-state index contributed by atoms with van der Waals surface area (Å²) in [6, 6.07) is 0. The van der Waals surface area contributed by atoms with Crippen LogP contribution in [0.15, 0.2) is 0 Å². The zero-order valence-electron chi connectivity index (χ0n) is 13.4. The van der Waals surface area contributed by atoms with Crippen molar-refractivity contribution in [2.45, 2.75) is 40.5 Å². The molecule has 0 aliphatic rings. The molecule has 0 bridgehead atoms. The largest absolute Gasteiger partial charge is 0.283 e. The van der Waals surface area contributed by atoms with Crippen LogP contribution in [0.3, 0.4) is 0 Å². The Labute approximate surface area is 118 Å². The molecule has 4 heteroatoms. The van der Waals surface area contributed by atoms with Gasteiger partial charge in [-0.1, -0.05) is 27.7 Å². The van der Waals surface area contributed by atoms with E-state index in [4.69, 9.17) is 0 Å². The van der Waals surface area contributed by atoms with Gasteiger partial charge in [0.2, 0.25) is 0 Å². The van der Waals surface area contributed by atoms with Crippen molar-refractivity contribution in [2.75, 3.05) is 51.8 Å². The molecule has 0 aromatic carbocycles. The Balaban J connectivity index is 3.72. The Morgan fingerprint density at radius 2 is 0.889 bits per heavy atom. The van der Waals surface area contributed by atoms with E-state index in [2.05, 4.69) is 50.4 Å². The van der Waals surface area contributed by atoms with Gasteiger partial charge in [-0.05, 0) is 80.8 Å². The van der Waals surface area contributed by atoms with E-state index < -0.39 is 0 Å². The number of unbranched alkanes of at least 4 members (excludes halogenated alkanes) is 1. The van der Waals surface area contributed by atoms with Gasteiger partial charge in [0.25, 0.3) is 0 Å². The van der Waals surface area contributed by atoms with Crippen LogP contribution in [-0.4, -0.2) is 61.2 Å². The van der Waals surface area contributed by atoms with E-state index in [9.17, 15) is 0 Å². The molecule has 0 fully saturated rings. The van der Waals surface area contributed by atoms with Gasteiger partial charge in [-0.3, -0.25) is 9.34 Å². The molecule has 0 aliphatic carbocycles. The van der Waals surface area contributed by atoms with E-state index in [0.29, 0.717) is 0 Å². The molecule has 0 heterocycles. The van der Waals surface area contributed by atoms with Gasteiger partial charge in [-0.25, -0.2) is 0 Å². The van der Waals surface area contributed by atoms with Crippen LogP contribution in [-0.2, 0) is 0 Å². The highest BCUT2D eigenvalue weighted by molar-refractivity contribution is 7.54. The highest BCUT2D eigenvalue weighted by atomic mass is 31.1. The zero-order chi connectivity index (χ0) is 14.0. The molecule has 0 radical (unpaired) electrons. The highest BCUT2D eigenvalue weighted by Gasteiger charge is 2.11. The molecule has 0 amide bonds. The summed E-state index contributed by atoms with van der Waals surface area (Å²) in [5.41, 5.74) is 0. The van der Waals surface area contributed by atoms with E-state index in [1.54, 1.807) is 0 Å². The summed E-state index contributed by atoms with van der Waals surface area (Å²) in [6.07, 6.45) is 5.70. The summed E-state index contributed by atoms with van der Waals surface area (Å²) in [4.78, 5) is 0. The Morgan fingerprint density at radius 3 is 1.11 bits per heavy atom. The number of nitrogens with zero attached hydrogens (tertiary/aromatic N) is 2. The van der Waals surface area contributed by atoms with Crippen LogP contribution in [0.4, 0.5) is 0 Å². The molecule has 0 aromatic rings. The number of hydrogen-bond donors (Lipinski definition) is 0. The minimum Gasteiger partial charge on any atom is -0.283 e. The molecule has 0 spiro atoms. The van der Waals surface area contributed by atoms with Gasteiger partial charge in [0.05, 0.1) is 0 Å². The maximum atomic E-state index is 2.63. The van der Waals surface area contributed by atoms with Crippen molar-refractivity contribution in [3.63, 3.8) is 0 Å². The van der Waals surface area contributed by atoms with Crippen molar-refractivity contribution in [1.29, 1.82) is 0 Å². The maximum Gasteiger partial charge on any atom is -0.000775 e. The van der Waals surface area contributed by atoms with Crippen LogP contribution in [0, 0.1) is 0 Å². The van der Waals surface area contributed by atoms with Crippen molar-refractivity contribution in [3.05, 3.63) is 0 Å². The van der Waals surface area contributed by atoms with Crippen molar-refractivity contribution in [1.82, 2.24) is 9.34 Å². The molecule has 2 nitrogen and oxygen atoms in total. The average Bonchev–Trinajstić information content (AvgIpc) is 2.37. The summed E-state index contributed by atoms with van der Waals surface area (Å²) >= 11 is 0. The lowest BCUT2D eigenvalue weighted by molar-refractivity contribution is 0.504. The molecule has 0 aromatic heterocycles. The standard InChI is InChI=1S/C14H34N2P2/c1-7-15(8-2)17(5)13-11-12-14-18(6)16(9-3)10-4/h7-14H2,1-6H3. The van der Waals surface area contributed by atoms with Crippen LogP contribution >= 0.6 is 16.1 Å². The fraction of sp³-hybridized carbons (Fsp3) is 1.00. The first kappa shape index (κ1) is 18.8. The maximum absolute atomic E-state index is 2.63. The van der Waals surface area contributed by atoms with Gasteiger partial charge in [0, 0.05) is 0 Å². The average molecular weight is 292 g/mol. The SMILES string of the molecule is CCN(CC)P(C)CCCCP(C)N(CC)CC. The first-order chi connectivity index (χ1) is 8.60. The Kier molecular flexibility index (Phi) is 12.1. The summed E-state index contributed by atoms with van der Waals surface area (Å²) in [6.45, 7) is 18.9. The Hall–Kier alpha value is 0.780. The molecule has 2 unspecified atom stereocenters. The molecule has 0 rings (SSSR count). The minimum atomic E-state index is 0.129. The molecule has 0 saturated heterocycles. The van der Waals surface area contributed by atoms with Crippen LogP contribution in [0.25, 0.3) is 0 Å². The lowest BCUT2D eigenvalue weighted by Gasteiger charge is -2.28. The monoisotopic (exact) mass is 292 g/mol. The van der Waals surface area contributed by atoms with Crippen molar-refractivity contribution < 1.29 is 0 Å². The van der Waals surface area contributed by atoms with Gasteiger partial charge in [-0.2, -0.15) is 0 Å². The fourth-order valence-corrected chi connectivity index (χ4v) is 6.24. The molecule has 0 saturated carbocycles. The molecular weight excluding hydrogens is 258 g/mol. The fourth-order valence-electron chi connectivity index (χ4n) is 2.38. The lowest BCUT2D eigenvalue weighted by atomic mass is 10.4. The quantitative estimate of drug-likeness (QED) is 0.408. The van der Waals surface area contributed by atoms with E-state index in [-0.39, 0.29) is 16.1 Å². The summed E-state index contributed by atoms with van der Waals surface area (Å²) in [5.74, 6) is 0. The van der Waals surface area contributed by atoms with Crippen LogP contribution in [0.2, 0.25) is 0 Å². The number of hydrogen-bond acceptors (Lipinski definition) is 2. The van der Waals surface area contributed by atoms with Crippen molar-refractivity contribution in [3.8, 4) is 0 Å². The molecule has 18 heavy (non-hydrogen) atoms. The molecule has 2 atom stereocenters. The summed E-state index contributed by atoms with van der Waals surface area (Å²) < 4.78 is 5.27. The molecule has 0 N–H and O–H groups in total. The van der Waals surface area contributed by atoms with E-state index >= 15 is 0 Å². The van der Waals surface area contributed by atoms with Crippen LogP contribution in [0.5, 0.6) is 0 Å². The van der Waals surface area contributed by atoms with Crippen molar-refractivity contribution >= 4 is 16.1 Å². The van der Waals surface area contributed by atoms with Crippen LogP contribution in [0.1, 0.15) is 40.5 Å².